The van der Waals surface area contributed by atoms with Crippen molar-refractivity contribution >= 4 is 37.2 Å². The number of rotatable bonds is 11. The molecule has 0 saturated carbocycles. The molecule has 1 aliphatic rings. The van der Waals surface area contributed by atoms with Crippen LogP contribution in [0.15, 0.2) is 35.6 Å². The quantitative estimate of drug-likeness (QED) is 0.162. The first-order chi connectivity index (χ1) is 21.8. The van der Waals surface area contributed by atoms with E-state index >= 15 is 0 Å². The first kappa shape index (κ1) is 36.2. The van der Waals surface area contributed by atoms with Crippen LogP contribution in [0, 0.1) is 0 Å². The molecular formula is C28H35ClF6N8O3Si. The standard InChI is InChI=1S/C28H35ClF6N8O3Si/c1-18(39-21-14-38-43(17-46-9-10-47(2,3)4)25(45)23(21)28(33,34)35)15-42-16-19(11-22(42)29)24(44)40-5-7-41(8-6-40)26-36-12-20(13-37-26)27(30,31)32/h11-14,16,18,39H,5-10,15,17H2,1-4H3/t18-/m0/s1. The Bertz CT molecular complexity index is 1600. The summed E-state index contributed by atoms with van der Waals surface area (Å²) in [5, 5.41) is 6.73. The van der Waals surface area contributed by atoms with Gasteiger partial charge < -0.3 is 24.4 Å². The van der Waals surface area contributed by atoms with E-state index in [-0.39, 0.29) is 55.3 Å². The molecule has 3 aromatic heterocycles. The third kappa shape index (κ3) is 9.47. The summed E-state index contributed by atoms with van der Waals surface area (Å²) in [5.41, 5.74) is -3.94. The molecule has 0 aromatic carbocycles. The topological polar surface area (TPSA) is 110 Å². The van der Waals surface area contributed by atoms with Crippen molar-refractivity contribution < 1.29 is 35.9 Å². The Kier molecular flexibility index (Phi) is 11.0. The molecule has 0 unspecified atom stereocenters. The number of hydrogen-bond donors (Lipinski definition) is 1. The van der Waals surface area contributed by atoms with Crippen molar-refractivity contribution in [2.75, 3.05) is 43.0 Å². The Hall–Kier alpha value is -3.64. The Morgan fingerprint density at radius 3 is 2.26 bits per heavy atom. The van der Waals surface area contributed by atoms with Gasteiger partial charge in [-0.3, -0.25) is 9.59 Å². The van der Waals surface area contributed by atoms with Crippen LogP contribution in [0.1, 0.15) is 28.4 Å². The van der Waals surface area contributed by atoms with Gasteiger partial charge >= 0.3 is 12.4 Å². The van der Waals surface area contributed by atoms with Crippen molar-refractivity contribution in [2.45, 2.75) is 64.3 Å². The summed E-state index contributed by atoms with van der Waals surface area (Å²) in [6, 6.07) is 1.54. The van der Waals surface area contributed by atoms with E-state index in [1.54, 1.807) is 16.7 Å². The number of carbonyl (C=O) groups excluding carboxylic acids is 1. The molecule has 0 radical (unpaired) electrons. The van der Waals surface area contributed by atoms with Gasteiger partial charge in [-0.25, -0.2) is 14.6 Å². The highest BCUT2D eigenvalue weighted by molar-refractivity contribution is 6.76. The van der Waals surface area contributed by atoms with E-state index < -0.39 is 55.6 Å². The van der Waals surface area contributed by atoms with Gasteiger partial charge in [0.05, 0.1) is 23.0 Å². The van der Waals surface area contributed by atoms with Crippen LogP contribution in [-0.2, 0) is 30.4 Å². The average Bonchev–Trinajstić information content (AvgIpc) is 3.33. The van der Waals surface area contributed by atoms with Crippen LogP contribution in [0.3, 0.4) is 0 Å². The number of hydrogen-bond acceptors (Lipinski definition) is 8. The van der Waals surface area contributed by atoms with Gasteiger partial charge in [0.25, 0.3) is 11.5 Å². The SMILES string of the molecule is C[C@@H](Cn1cc(C(=O)N2CCN(c3ncc(C(F)(F)F)cn3)CC2)cc1Cl)Nc1cnn(COCC[Si](C)(C)C)c(=O)c1C(F)(F)F. The number of aromatic nitrogens is 5. The van der Waals surface area contributed by atoms with Crippen molar-refractivity contribution in [2.24, 2.45) is 0 Å². The van der Waals surface area contributed by atoms with E-state index in [9.17, 15) is 35.9 Å². The summed E-state index contributed by atoms with van der Waals surface area (Å²) in [4.78, 5) is 36.7. The average molecular weight is 709 g/mol. The zero-order chi connectivity index (χ0) is 34.7. The van der Waals surface area contributed by atoms with Gasteiger partial charge in [0.2, 0.25) is 5.95 Å². The second-order valence-electron chi connectivity index (χ2n) is 12.4. The molecule has 19 heteroatoms. The normalized spacial score (nSPS) is 15.2. The maximum atomic E-state index is 14.0. The number of amides is 1. The van der Waals surface area contributed by atoms with Crippen LogP contribution in [0.25, 0.3) is 0 Å². The Morgan fingerprint density at radius 2 is 1.68 bits per heavy atom. The fourth-order valence-corrected chi connectivity index (χ4v) is 5.75. The van der Waals surface area contributed by atoms with Gasteiger partial charge in [-0.2, -0.15) is 31.4 Å². The molecular weight excluding hydrogens is 674 g/mol. The van der Waals surface area contributed by atoms with Gasteiger partial charge in [-0.05, 0) is 19.0 Å². The predicted octanol–water partition coefficient (Wildman–Crippen LogP) is 5.30. The third-order valence-corrected chi connectivity index (χ3v) is 9.35. The highest BCUT2D eigenvalue weighted by Gasteiger charge is 2.39. The van der Waals surface area contributed by atoms with Gasteiger partial charge in [-0.15, -0.1) is 0 Å². The van der Waals surface area contributed by atoms with Crippen LogP contribution in [-0.4, -0.2) is 82.0 Å². The number of carbonyl (C=O) groups is 1. The summed E-state index contributed by atoms with van der Waals surface area (Å²) in [6.45, 7) is 8.96. The maximum Gasteiger partial charge on any atom is 0.423 e. The molecule has 1 fully saturated rings. The zero-order valence-electron chi connectivity index (χ0n) is 26.1. The van der Waals surface area contributed by atoms with Crippen molar-refractivity contribution in [3.05, 3.63) is 63.1 Å². The summed E-state index contributed by atoms with van der Waals surface area (Å²) < 4.78 is 87.9. The van der Waals surface area contributed by atoms with E-state index in [1.807, 2.05) is 0 Å². The molecule has 4 rings (SSSR count). The first-order valence-corrected chi connectivity index (χ1v) is 18.7. The lowest BCUT2D eigenvalue weighted by Gasteiger charge is -2.34. The zero-order valence-corrected chi connectivity index (χ0v) is 27.9. The molecule has 1 saturated heterocycles. The van der Waals surface area contributed by atoms with E-state index in [4.69, 9.17) is 16.3 Å². The monoisotopic (exact) mass is 708 g/mol. The van der Waals surface area contributed by atoms with E-state index in [1.165, 1.54) is 16.8 Å². The minimum atomic E-state index is -4.96. The molecule has 1 aliphatic heterocycles. The molecule has 1 amide bonds. The van der Waals surface area contributed by atoms with Crippen molar-refractivity contribution in [3.8, 4) is 0 Å². The lowest BCUT2D eigenvalue weighted by Crippen LogP contribution is -2.49. The number of nitrogens with zero attached hydrogens (tertiary/aromatic N) is 7. The summed E-state index contributed by atoms with van der Waals surface area (Å²) in [5.74, 6) is -0.230. The van der Waals surface area contributed by atoms with Crippen molar-refractivity contribution in [1.29, 1.82) is 0 Å². The largest absolute Gasteiger partial charge is 0.423 e. The molecule has 3 aromatic rings. The molecule has 0 aliphatic carbocycles. The number of alkyl halides is 6. The minimum Gasteiger partial charge on any atom is -0.379 e. The molecule has 0 bridgehead atoms. The van der Waals surface area contributed by atoms with Gasteiger partial charge in [0.15, 0.2) is 0 Å². The van der Waals surface area contributed by atoms with E-state index in [0.29, 0.717) is 23.7 Å². The molecule has 11 nitrogen and oxygen atoms in total. The van der Waals surface area contributed by atoms with Crippen LogP contribution in [0.2, 0.25) is 30.8 Å². The minimum absolute atomic E-state index is 0.0470. The number of halogens is 7. The van der Waals surface area contributed by atoms with E-state index in [2.05, 4.69) is 40.0 Å². The van der Waals surface area contributed by atoms with Crippen LogP contribution in [0.4, 0.5) is 38.0 Å². The fraction of sp³-hybridized carbons (Fsp3) is 0.536. The van der Waals surface area contributed by atoms with Gasteiger partial charge in [0, 0.05) is 72.0 Å². The Balaban J connectivity index is 1.37. The Morgan fingerprint density at radius 1 is 1.04 bits per heavy atom. The molecule has 258 valence electrons. The Labute approximate surface area is 272 Å². The molecule has 47 heavy (non-hydrogen) atoms. The molecule has 1 atom stereocenters. The lowest BCUT2D eigenvalue weighted by atomic mass is 10.2. The summed E-state index contributed by atoms with van der Waals surface area (Å²) >= 11 is 6.36. The van der Waals surface area contributed by atoms with Crippen LogP contribution < -0.4 is 15.8 Å². The second-order valence-corrected chi connectivity index (χ2v) is 18.4. The van der Waals surface area contributed by atoms with Gasteiger partial charge in [-0.1, -0.05) is 31.2 Å². The fourth-order valence-electron chi connectivity index (χ4n) is 4.76. The first-order valence-electron chi connectivity index (χ1n) is 14.6. The molecule has 1 N–H and O–H groups in total. The predicted molar refractivity (Wildman–Crippen MR) is 165 cm³/mol. The summed E-state index contributed by atoms with van der Waals surface area (Å²) in [6.07, 6.45) is -5.68. The summed E-state index contributed by atoms with van der Waals surface area (Å²) in [7, 11) is -1.44. The van der Waals surface area contributed by atoms with Crippen LogP contribution >= 0.6 is 11.6 Å². The van der Waals surface area contributed by atoms with E-state index in [0.717, 1.165) is 12.2 Å². The number of anilines is 2. The highest BCUT2D eigenvalue weighted by atomic mass is 35.5. The second kappa shape index (κ2) is 14.2. The third-order valence-electron chi connectivity index (χ3n) is 7.32. The molecule has 0 spiro atoms. The van der Waals surface area contributed by atoms with Crippen LogP contribution in [0.5, 0.6) is 0 Å². The maximum absolute atomic E-state index is 14.0. The van der Waals surface area contributed by atoms with Crippen molar-refractivity contribution in [3.63, 3.8) is 0 Å². The number of ether oxygens (including phenoxy) is 1. The number of nitrogens with one attached hydrogen (secondary N) is 1. The van der Waals surface area contributed by atoms with Gasteiger partial charge in [0.1, 0.15) is 17.4 Å². The van der Waals surface area contributed by atoms with Crippen molar-refractivity contribution in [1.82, 2.24) is 29.2 Å². The molecule has 4 heterocycles. The lowest BCUT2D eigenvalue weighted by molar-refractivity contribution is -0.139. The smallest absolute Gasteiger partial charge is 0.379 e. The highest BCUT2D eigenvalue weighted by Crippen LogP contribution is 2.32. The number of piperazine rings is 1.